The number of halogens is 1. The molecule has 0 spiro atoms. The van der Waals surface area contributed by atoms with Crippen LogP contribution < -0.4 is 5.69 Å². The molecule has 0 bridgehead atoms. The molecule has 6 heteroatoms. The number of hydrogen-bond acceptors (Lipinski definition) is 3. The Kier molecular flexibility index (Phi) is 2.55. The summed E-state index contributed by atoms with van der Waals surface area (Å²) < 4.78 is 15.8. The average Bonchev–Trinajstić information content (AvgIpc) is 2.53. The van der Waals surface area contributed by atoms with Crippen molar-refractivity contribution in [3.8, 4) is 0 Å². The zero-order valence-electron chi connectivity index (χ0n) is 9.01. The Morgan fingerprint density at radius 2 is 2.19 bits per heavy atom. The van der Waals surface area contributed by atoms with E-state index in [-0.39, 0.29) is 5.69 Å². The Hall–Kier alpha value is -1.98. The lowest BCUT2D eigenvalue weighted by Crippen LogP contribution is -2.23. The first kappa shape index (κ1) is 10.5. The standard InChI is InChI=1S/C10H11FN4O/c1-7-3-9(11)12-4-8(7)5-15-10(16)13-6-14(15)2/h3-4,6H,5H2,1-2H3. The first-order chi connectivity index (χ1) is 7.58. The molecule has 0 aliphatic heterocycles. The molecule has 0 aliphatic carbocycles. The lowest BCUT2D eigenvalue weighted by atomic mass is 10.1. The molecule has 0 radical (unpaired) electrons. The lowest BCUT2D eigenvalue weighted by molar-refractivity contribution is 0.528. The van der Waals surface area contributed by atoms with E-state index in [1.807, 2.05) is 0 Å². The normalized spacial score (nSPS) is 10.7. The Morgan fingerprint density at radius 3 is 2.75 bits per heavy atom. The highest BCUT2D eigenvalue weighted by Crippen LogP contribution is 2.08. The molecule has 0 aliphatic rings. The molecule has 84 valence electrons. The topological polar surface area (TPSA) is 52.7 Å². The molecule has 16 heavy (non-hydrogen) atoms. The van der Waals surface area contributed by atoms with Crippen LogP contribution in [-0.4, -0.2) is 19.3 Å². The molecular weight excluding hydrogens is 211 g/mol. The van der Waals surface area contributed by atoms with Gasteiger partial charge in [-0.3, -0.25) is 4.68 Å². The van der Waals surface area contributed by atoms with E-state index in [1.165, 1.54) is 23.3 Å². The Bertz CT molecular complexity index is 572. The smallest absolute Gasteiger partial charge is 0.273 e. The summed E-state index contributed by atoms with van der Waals surface area (Å²) in [6.45, 7) is 2.12. The van der Waals surface area contributed by atoms with Crippen molar-refractivity contribution in [2.75, 3.05) is 0 Å². The number of pyridine rings is 1. The molecule has 0 fully saturated rings. The third-order valence-corrected chi connectivity index (χ3v) is 2.44. The second-order valence-electron chi connectivity index (χ2n) is 3.59. The van der Waals surface area contributed by atoms with Crippen LogP contribution in [0.25, 0.3) is 0 Å². The van der Waals surface area contributed by atoms with E-state index in [9.17, 15) is 9.18 Å². The summed E-state index contributed by atoms with van der Waals surface area (Å²) >= 11 is 0. The Labute approximate surface area is 91.2 Å². The van der Waals surface area contributed by atoms with Gasteiger partial charge in [0.2, 0.25) is 5.95 Å². The largest absolute Gasteiger partial charge is 0.364 e. The fourth-order valence-electron chi connectivity index (χ4n) is 1.45. The maximum Gasteiger partial charge on any atom is 0.364 e. The van der Waals surface area contributed by atoms with Crippen LogP contribution in [0.3, 0.4) is 0 Å². The van der Waals surface area contributed by atoms with Crippen LogP contribution >= 0.6 is 0 Å². The number of nitrogens with zero attached hydrogens (tertiary/aromatic N) is 4. The van der Waals surface area contributed by atoms with Gasteiger partial charge in [-0.1, -0.05) is 0 Å². The summed E-state index contributed by atoms with van der Waals surface area (Å²) in [5, 5.41) is 0. The first-order valence-electron chi connectivity index (χ1n) is 4.77. The minimum absolute atomic E-state index is 0.328. The van der Waals surface area contributed by atoms with Gasteiger partial charge in [0.15, 0.2) is 0 Å². The summed E-state index contributed by atoms with van der Waals surface area (Å²) in [6, 6.07) is 1.34. The van der Waals surface area contributed by atoms with Crippen molar-refractivity contribution in [3.05, 3.63) is 46.1 Å². The van der Waals surface area contributed by atoms with Crippen LogP contribution in [0.4, 0.5) is 4.39 Å². The second-order valence-corrected chi connectivity index (χ2v) is 3.59. The number of hydrogen-bond donors (Lipinski definition) is 0. The van der Waals surface area contributed by atoms with Gasteiger partial charge in [-0.05, 0) is 24.1 Å². The second kappa shape index (κ2) is 3.88. The number of aromatic nitrogens is 4. The minimum Gasteiger partial charge on any atom is -0.273 e. The van der Waals surface area contributed by atoms with Gasteiger partial charge in [-0.15, -0.1) is 0 Å². The average molecular weight is 222 g/mol. The SMILES string of the molecule is Cc1cc(F)ncc1Cn1c(=O)ncn1C. The van der Waals surface area contributed by atoms with Crippen molar-refractivity contribution in [2.45, 2.75) is 13.5 Å². The van der Waals surface area contributed by atoms with Gasteiger partial charge in [0.1, 0.15) is 6.33 Å². The van der Waals surface area contributed by atoms with Crippen LogP contribution in [0.1, 0.15) is 11.1 Å². The molecular formula is C10H11FN4O. The van der Waals surface area contributed by atoms with Crippen LogP contribution in [-0.2, 0) is 13.6 Å². The quantitative estimate of drug-likeness (QED) is 0.694. The fraction of sp³-hybridized carbons (Fsp3) is 0.300. The fourth-order valence-corrected chi connectivity index (χ4v) is 1.45. The zero-order chi connectivity index (χ0) is 11.7. The summed E-state index contributed by atoms with van der Waals surface area (Å²) in [5.41, 5.74) is 1.24. The van der Waals surface area contributed by atoms with E-state index in [0.29, 0.717) is 6.54 Å². The van der Waals surface area contributed by atoms with Crippen molar-refractivity contribution >= 4 is 0 Å². The monoisotopic (exact) mass is 222 g/mol. The molecule has 0 aromatic carbocycles. The van der Waals surface area contributed by atoms with Crippen molar-refractivity contribution in [2.24, 2.45) is 7.05 Å². The van der Waals surface area contributed by atoms with Crippen LogP contribution in [0.15, 0.2) is 23.4 Å². The highest BCUT2D eigenvalue weighted by Gasteiger charge is 2.06. The molecule has 5 nitrogen and oxygen atoms in total. The minimum atomic E-state index is -0.515. The van der Waals surface area contributed by atoms with Crippen LogP contribution in [0.5, 0.6) is 0 Å². The highest BCUT2D eigenvalue weighted by molar-refractivity contribution is 5.22. The number of aryl methyl sites for hydroxylation is 2. The molecule has 2 heterocycles. The van der Waals surface area contributed by atoms with Crippen LogP contribution in [0.2, 0.25) is 0 Å². The highest BCUT2D eigenvalue weighted by atomic mass is 19.1. The molecule has 0 N–H and O–H groups in total. The van der Waals surface area contributed by atoms with Crippen molar-refractivity contribution in [3.63, 3.8) is 0 Å². The van der Waals surface area contributed by atoms with Crippen molar-refractivity contribution in [1.29, 1.82) is 0 Å². The predicted molar refractivity (Wildman–Crippen MR) is 55.5 cm³/mol. The molecule has 2 rings (SSSR count). The van der Waals surface area contributed by atoms with E-state index in [0.717, 1.165) is 11.1 Å². The molecule has 0 amide bonds. The van der Waals surface area contributed by atoms with Crippen molar-refractivity contribution in [1.82, 2.24) is 19.3 Å². The zero-order valence-corrected chi connectivity index (χ0v) is 9.01. The Morgan fingerprint density at radius 1 is 1.44 bits per heavy atom. The predicted octanol–water partition coefficient (Wildman–Crippen LogP) is 0.473. The summed E-state index contributed by atoms with van der Waals surface area (Å²) in [7, 11) is 1.72. The summed E-state index contributed by atoms with van der Waals surface area (Å²) in [5.74, 6) is -0.515. The van der Waals surface area contributed by atoms with Gasteiger partial charge in [0, 0.05) is 13.2 Å². The van der Waals surface area contributed by atoms with E-state index in [1.54, 1.807) is 18.7 Å². The van der Waals surface area contributed by atoms with E-state index >= 15 is 0 Å². The van der Waals surface area contributed by atoms with Gasteiger partial charge in [-0.25, -0.2) is 14.5 Å². The number of rotatable bonds is 2. The van der Waals surface area contributed by atoms with Gasteiger partial charge in [0.05, 0.1) is 6.54 Å². The third kappa shape index (κ3) is 1.86. The Balaban J connectivity index is 2.38. The molecule has 0 unspecified atom stereocenters. The molecule has 0 saturated carbocycles. The van der Waals surface area contributed by atoms with E-state index < -0.39 is 5.95 Å². The van der Waals surface area contributed by atoms with E-state index in [4.69, 9.17) is 0 Å². The first-order valence-corrected chi connectivity index (χ1v) is 4.77. The lowest BCUT2D eigenvalue weighted by Gasteiger charge is -2.07. The summed E-state index contributed by atoms with van der Waals surface area (Å²) in [4.78, 5) is 18.6. The van der Waals surface area contributed by atoms with Gasteiger partial charge < -0.3 is 0 Å². The molecule has 2 aromatic heterocycles. The maximum absolute atomic E-state index is 12.8. The van der Waals surface area contributed by atoms with Crippen molar-refractivity contribution < 1.29 is 4.39 Å². The molecule has 0 saturated heterocycles. The van der Waals surface area contributed by atoms with Gasteiger partial charge >= 0.3 is 5.69 Å². The molecule has 2 aromatic rings. The third-order valence-electron chi connectivity index (χ3n) is 2.44. The maximum atomic E-state index is 12.8. The summed E-state index contributed by atoms with van der Waals surface area (Å²) in [6.07, 6.45) is 2.87. The van der Waals surface area contributed by atoms with Crippen LogP contribution in [0, 0.1) is 12.9 Å². The molecule has 0 atom stereocenters. The van der Waals surface area contributed by atoms with E-state index in [2.05, 4.69) is 9.97 Å². The van der Waals surface area contributed by atoms with Gasteiger partial charge in [0.25, 0.3) is 0 Å². The van der Waals surface area contributed by atoms with Gasteiger partial charge in [-0.2, -0.15) is 9.37 Å².